The smallest absolute Gasteiger partial charge is 0.104 e. The average Bonchev–Trinajstić information content (AvgIpc) is 2.30. The number of rotatable bonds is 3. The van der Waals surface area contributed by atoms with Crippen molar-refractivity contribution in [2.45, 2.75) is 57.5 Å². The maximum absolute atomic E-state index is 6.20. The fourth-order valence-corrected chi connectivity index (χ4v) is 3.29. The van der Waals surface area contributed by atoms with E-state index in [1.807, 2.05) is 18.2 Å². The number of nitrogens with two attached hydrogens (primary N) is 1. The minimum absolute atomic E-state index is 0.748. The van der Waals surface area contributed by atoms with Gasteiger partial charge in [0, 0.05) is 5.56 Å². The summed E-state index contributed by atoms with van der Waals surface area (Å²) in [6.45, 7) is 0.906. The predicted octanol–water partition coefficient (Wildman–Crippen LogP) is 4.17. The average molecular weight is 287 g/mol. The summed E-state index contributed by atoms with van der Waals surface area (Å²) in [5, 5.41) is 4.02. The molecule has 0 radical (unpaired) electrons. The molecular weight excluding hydrogens is 265 g/mol. The summed E-state index contributed by atoms with van der Waals surface area (Å²) in [7, 11) is 0. The van der Waals surface area contributed by atoms with Crippen LogP contribution in [0, 0.1) is 0 Å². The summed E-state index contributed by atoms with van der Waals surface area (Å²) in [5.74, 6) is 0. The van der Waals surface area contributed by atoms with Crippen LogP contribution in [0.1, 0.15) is 50.5 Å². The zero-order chi connectivity index (χ0) is 12.8. The van der Waals surface area contributed by atoms with Gasteiger partial charge in [-0.1, -0.05) is 48.5 Å². The lowest BCUT2D eigenvalue weighted by Crippen LogP contribution is -2.88. The van der Waals surface area contributed by atoms with Crippen molar-refractivity contribution in [3.63, 3.8) is 0 Å². The molecule has 0 heterocycles. The van der Waals surface area contributed by atoms with E-state index < -0.39 is 0 Å². The van der Waals surface area contributed by atoms with E-state index in [-0.39, 0.29) is 0 Å². The summed E-state index contributed by atoms with van der Waals surface area (Å²) < 4.78 is 0. The highest BCUT2D eigenvalue weighted by Crippen LogP contribution is 2.23. The van der Waals surface area contributed by atoms with E-state index >= 15 is 0 Å². The molecule has 1 aromatic carbocycles. The van der Waals surface area contributed by atoms with Gasteiger partial charge in [0.2, 0.25) is 0 Å². The second-order valence-corrected chi connectivity index (χ2v) is 6.06. The van der Waals surface area contributed by atoms with Crippen molar-refractivity contribution in [1.82, 2.24) is 0 Å². The molecule has 1 saturated carbocycles. The van der Waals surface area contributed by atoms with E-state index in [0.717, 1.165) is 28.2 Å². The minimum Gasteiger partial charge on any atom is -0.340 e. The Balaban J connectivity index is 1.89. The van der Waals surface area contributed by atoms with Gasteiger partial charge in [0.25, 0.3) is 0 Å². The SMILES string of the molecule is Clc1cccc(Cl)c1C[NH2+]C1CCCCCCC1. The van der Waals surface area contributed by atoms with E-state index in [2.05, 4.69) is 5.32 Å². The fourth-order valence-electron chi connectivity index (χ4n) is 2.74. The van der Waals surface area contributed by atoms with Gasteiger partial charge in [-0.2, -0.15) is 0 Å². The summed E-state index contributed by atoms with van der Waals surface area (Å²) in [4.78, 5) is 0. The number of hydrogen-bond donors (Lipinski definition) is 1. The monoisotopic (exact) mass is 286 g/mol. The zero-order valence-electron chi connectivity index (χ0n) is 10.8. The molecule has 0 saturated heterocycles. The topological polar surface area (TPSA) is 16.6 Å². The molecule has 1 fully saturated rings. The van der Waals surface area contributed by atoms with Crippen LogP contribution in [0.5, 0.6) is 0 Å². The second-order valence-electron chi connectivity index (χ2n) is 5.25. The van der Waals surface area contributed by atoms with Crippen LogP contribution in [0.15, 0.2) is 18.2 Å². The van der Waals surface area contributed by atoms with Gasteiger partial charge in [-0.25, -0.2) is 0 Å². The third kappa shape index (κ3) is 4.15. The van der Waals surface area contributed by atoms with Crippen LogP contribution in [0.3, 0.4) is 0 Å². The summed E-state index contributed by atoms with van der Waals surface area (Å²) in [5.41, 5.74) is 1.09. The summed E-state index contributed by atoms with van der Waals surface area (Å²) in [6, 6.07) is 6.51. The Morgan fingerprint density at radius 1 is 0.944 bits per heavy atom. The van der Waals surface area contributed by atoms with Crippen molar-refractivity contribution < 1.29 is 5.32 Å². The van der Waals surface area contributed by atoms with E-state index in [9.17, 15) is 0 Å². The summed E-state index contributed by atoms with van der Waals surface area (Å²) in [6.07, 6.45) is 9.64. The molecule has 100 valence electrons. The van der Waals surface area contributed by atoms with Gasteiger partial charge in [-0.05, 0) is 37.8 Å². The molecule has 2 N–H and O–H groups in total. The van der Waals surface area contributed by atoms with Crippen molar-refractivity contribution in [1.29, 1.82) is 0 Å². The third-order valence-electron chi connectivity index (χ3n) is 3.87. The Hall–Kier alpha value is -0.240. The Labute approximate surface area is 120 Å². The lowest BCUT2D eigenvalue weighted by atomic mass is 9.96. The second kappa shape index (κ2) is 7.37. The molecule has 0 bridgehead atoms. The molecular formula is C15H22Cl2N+. The molecule has 2 rings (SSSR count). The van der Waals surface area contributed by atoms with Crippen molar-refractivity contribution in [2.75, 3.05) is 0 Å². The molecule has 1 nitrogen and oxygen atoms in total. The number of halogens is 2. The molecule has 1 aliphatic rings. The van der Waals surface area contributed by atoms with Crippen molar-refractivity contribution in [3.05, 3.63) is 33.8 Å². The van der Waals surface area contributed by atoms with Gasteiger partial charge < -0.3 is 5.32 Å². The van der Waals surface area contributed by atoms with E-state index in [1.165, 1.54) is 44.9 Å². The molecule has 0 aromatic heterocycles. The highest BCUT2D eigenvalue weighted by molar-refractivity contribution is 6.35. The van der Waals surface area contributed by atoms with E-state index in [4.69, 9.17) is 23.2 Å². The van der Waals surface area contributed by atoms with Crippen LogP contribution in [-0.4, -0.2) is 6.04 Å². The third-order valence-corrected chi connectivity index (χ3v) is 4.58. The van der Waals surface area contributed by atoms with Crippen molar-refractivity contribution >= 4 is 23.2 Å². The van der Waals surface area contributed by atoms with Crippen LogP contribution in [0.2, 0.25) is 10.0 Å². The van der Waals surface area contributed by atoms with Gasteiger partial charge in [0.1, 0.15) is 6.54 Å². The Morgan fingerprint density at radius 2 is 1.50 bits per heavy atom. The van der Waals surface area contributed by atoms with Gasteiger partial charge in [0.05, 0.1) is 16.1 Å². The molecule has 18 heavy (non-hydrogen) atoms. The highest BCUT2D eigenvalue weighted by Gasteiger charge is 2.15. The summed E-state index contributed by atoms with van der Waals surface area (Å²) >= 11 is 12.4. The van der Waals surface area contributed by atoms with Gasteiger partial charge in [-0.15, -0.1) is 0 Å². The maximum Gasteiger partial charge on any atom is 0.104 e. The van der Waals surface area contributed by atoms with Crippen LogP contribution < -0.4 is 5.32 Å². The first-order valence-electron chi connectivity index (χ1n) is 7.03. The first-order valence-corrected chi connectivity index (χ1v) is 7.79. The number of hydrogen-bond acceptors (Lipinski definition) is 0. The Morgan fingerprint density at radius 3 is 2.11 bits per heavy atom. The molecule has 0 amide bonds. The molecule has 1 aromatic rings. The van der Waals surface area contributed by atoms with Crippen LogP contribution >= 0.6 is 23.2 Å². The first-order chi connectivity index (χ1) is 8.77. The quantitative estimate of drug-likeness (QED) is 0.859. The molecule has 0 spiro atoms. The Bertz CT molecular complexity index is 351. The van der Waals surface area contributed by atoms with Gasteiger partial charge in [0.15, 0.2) is 0 Å². The predicted molar refractivity (Wildman–Crippen MR) is 78.2 cm³/mol. The van der Waals surface area contributed by atoms with Gasteiger partial charge in [-0.3, -0.25) is 0 Å². The normalized spacial score (nSPS) is 18.3. The molecule has 0 unspecified atom stereocenters. The standard InChI is InChI=1S/C15H21Cl2N/c16-14-9-6-10-15(17)13(14)11-18-12-7-4-2-1-3-5-8-12/h6,9-10,12,18H,1-5,7-8,11H2/p+1. The molecule has 3 heteroatoms. The van der Waals surface area contributed by atoms with Crippen LogP contribution in [0.25, 0.3) is 0 Å². The van der Waals surface area contributed by atoms with Crippen molar-refractivity contribution in [2.24, 2.45) is 0 Å². The maximum atomic E-state index is 6.20. The first kappa shape index (κ1) is 14.2. The van der Waals surface area contributed by atoms with Crippen LogP contribution in [0.4, 0.5) is 0 Å². The highest BCUT2D eigenvalue weighted by atomic mass is 35.5. The minimum atomic E-state index is 0.748. The molecule has 1 aliphatic carbocycles. The Kier molecular flexibility index (Phi) is 5.81. The molecule has 0 atom stereocenters. The fraction of sp³-hybridized carbons (Fsp3) is 0.600. The lowest BCUT2D eigenvalue weighted by Gasteiger charge is -2.18. The molecule has 0 aliphatic heterocycles. The van der Waals surface area contributed by atoms with Crippen LogP contribution in [-0.2, 0) is 6.54 Å². The van der Waals surface area contributed by atoms with Gasteiger partial charge >= 0.3 is 0 Å². The van der Waals surface area contributed by atoms with E-state index in [0.29, 0.717) is 0 Å². The number of quaternary nitrogens is 1. The van der Waals surface area contributed by atoms with E-state index in [1.54, 1.807) is 0 Å². The zero-order valence-corrected chi connectivity index (χ0v) is 12.3. The van der Waals surface area contributed by atoms with Crippen molar-refractivity contribution in [3.8, 4) is 0 Å². The largest absolute Gasteiger partial charge is 0.340 e. The lowest BCUT2D eigenvalue weighted by molar-refractivity contribution is -0.705. The number of benzene rings is 1.